The molecular weight excluding hydrogens is 344 g/mol. The molecule has 1 aliphatic rings. The van der Waals surface area contributed by atoms with Crippen molar-refractivity contribution in [2.24, 2.45) is 5.92 Å². The van der Waals surface area contributed by atoms with Crippen molar-refractivity contribution in [3.63, 3.8) is 0 Å². The van der Waals surface area contributed by atoms with Crippen LogP contribution in [0.15, 0.2) is 30.5 Å². The minimum Gasteiger partial charge on any atom is -0.388 e. The molecule has 26 heavy (non-hydrogen) atoms. The smallest absolute Gasteiger partial charge is 0.161 e. The summed E-state index contributed by atoms with van der Waals surface area (Å²) in [6, 6.07) is 8.30. The summed E-state index contributed by atoms with van der Waals surface area (Å²) in [5.41, 5.74) is 1.21. The molecule has 0 spiro atoms. The largest absolute Gasteiger partial charge is 0.388 e. The molecule has 0 saturated carbocycles. The van der Waals surface area contributed by atoms with Crippen molar-refractivity contribution >= 4 is 23.0 Å². The summed E-state index contributed by atoms with van der Waals surface area (Å²) in [5.74, 6) is 0.0792. The van der Waals surface area contributed by atoms with Gasteiger partial charge in [0, 0.05) is 24.0 Å². The van der Waals surface area contributed by atoms with Crippen LogP contribution in [0.25, 0.3) is 10.8 Å². The average Bonchev–Trinajstić information content (AvgIpc) is 2.94. The summed E-state index contributed by atoms with van der Waals surface area (Å²) < 4.78 is 8.86. The van der Waals surface area contributed by atoms with Crippen molar-refractivity contribution in [2.45, 2.75) is 59.0 Å². The third-order valence-corrected chi connectivity index (χ3v) is 5.33. The van der Waals surface area contributed by atoms with Crippen molar-refractivity contribution in [3.05, 3.63) is 40.7 Å². The van der Waals surface area contributed by atoms with Crippen molar-refractivity contribution in [1.29, 1.82) is 0 Å². The molecule has 0 amide bonds. The van der Waals surface area contributed by atoms with Gasteiger partial charge < -0.3 is 19.7 Å². The number of pyridine rings is 1. The molecule has 1 saturated heterocycles. The zero-order valence-electron chi connectivity index (χ0n) is 16.5. The van der Waals surface area contributed by atoms with E-state index < -0.39 is 12.3 Å². The lowest BCUT2D eigenvalue weighted by Gasteiger charge is -2.21. The highest BCUT2D eigenvalue weighted by atomic mass is 32.1. The van der Waals surface area contributed by atoms with E-state index >= 15 is 0 Å². The molecule has 4 nitrogen and oxygen atoms in total. The summed E-state index contributed by atoms with van der Waals surface area (Å²) in [4.78, 5) is 0. The van der Waals surface area contributed by atoms with Gasteiger partial charge in [0.25, 0.3) is 0 Å². The van der Waals surface area contributed by atoms with Gasteiger partial charge in [-0.3, -0.25) is 0 Å². The molecule has 1 aromatic heterocycles. The number of aryl methyl sites for hydroxylation is 1. The van der Waals surface area contributed by atoms with Crippen LogP contribution in [-0.2, 0) is 4.74 Å². The summed E-state index contributed by atoms with van der Waals surface area (Å²) >= 11 is 5.69. The maximum atomic E-state index is 10.8. The van der Waals surface area contributed by atoms with Gasteiger partial charge in [-0.15, -0.1) is 0 Å². The number of nitrogens with zero attached hydrogens (tertiary/aromatic N) is 1. The van der Waals surface area contributed by atoms with E-state index in [1.165, 1.54) is 5.56 Å². The Balaban J connectivity index is 0.00000117. The summed E-state index contributed by atoms with van der Waals surface area (Å²) in [6.45, 7) is 8.96. The van der Waals surface area contributed by atoms with E-state index in [9.17, 15) is 5.11 Å². The Morgan fingerprint density at radius 1 is 1.27 bits per heavy atom. The molecule has 2 aromatic rings. The molecule has 2 heterocycles. The number of aliphatic hydroxyl groups is 1. The molecule has 4 unspecified atom stereocenters. The van der Waals surface area contributed by atoms with Gasteiger partial charge in [-0.25, -0.2) is 0 Å². The Bertz CT molecular complexity index is 774. The van der Waals surface area contributed by atoms with Gasteiger partial charge in [-0.05, 0) is 31.8 Å². The number of nitrogens with one attached hydrogen (secondary N) is 1. The van der Waals surface area contributed by atoms with Crippen molar-refractivity contribution < 1.29 is 9.84 Å². The van der Waals surface area contributed by atoms with E-state index in [4.69, 9.17) is 17.0 Å². The minimum absolute atomic E-state index is 0.0538. The molecule has 0 radical (unpaired) electrons. The number of aliphatic hydroxyl groups excluding tert-OH is 1. The Kier molecular flexibility index (Phi) is 7.77. The second-order valence-electron chi connectivity index (χ2n) is 6.68. The quantitative estimate of drug-likeness (QED) is 0.749. The molecule has 5 heteroatoms. The molecule has 144 valence electrons. The van der Waals surface area contributed by atoms with Gasteiger partial charge in [-0.1, -0.05) is 63.2 Å². The molecule has 2 N–H and O–H groups in total. The van der Waals surface area contributed by atoms with Gasteiger partial charge in [-0.2, -0.15) is 0 Å². The summed E-state index contributed by atoms with van der Waals surface area (Å²) in [6.07, 6.45) is 3.00. The third kappa shape index (κ3) is 4.17. The lowest BCUT2D eigenvalue weighted by atomic mass is 9.95. The Morgan fingerprint density at radius 2 is 2.00 bits per heavy atom. The van der Waals surface area contributed by atoms with E-state index in [-0.39, 0.29) is 12.0 Å². The Labute approximate surface area is 162 Å². The predicted octanol–water partition coefficient (Wildman–Crippen LogP) is 4.60. The van der Waals surface area contributed by atoms with E-state index in [0.29, 0.717) is 0 Å². The molecule has 1 fully saturated rings. The van der Waals surface area contributed by atoms with Gasteiger partial charge >= 0.3 is 0 Å². The van der Waals surface area contributed by atoms with Crippen LogP contribution >= 0.6 is 12.2 Å². The van der Waals surface area contributed by atoms with Crippen molar-refractivity contribution in [3.8, 4) is 0 Å². The number of fused-ring (bicyclic) bond motifs is 1. The van der Waals surface area contributed by atoms with Crippen LogP contribution < -0.4 is 5.32 Å². The Morgan fingerprint density at radius 3 is 2.65 bits per heavy atom. The average molecular weight is 377 g/mol. The lowest BCUT2D eigenvalue weighted by Crippen LogP contribution is -2.34. The molecule has 0 aliphatic carbocycles. The highest BCUT2D eigenvalue weighted by molar-refractivity contribution is 7.71. The zero-order valence-corrected chi connectivity index (χ0v) is 17.3. The van der Waals surface area contributed by atoms with Gasteiger partial charge in [0.05, 0.1) is 6.10 Å². The number of hydrogen-bond acceptors (Lipinski definition) is 4. The fourth-order valence-electron chi connectivity index (χ4n) is 3.66. The number of aromatic nitrogens is 1. The number of hydrogen-bond donors (Lipinski definition) is 2. The van der Waals surface area contributed by atoms with Crippen LogP contribution in [0, 0.1) is 17.5 Å². The number of ether oxygens (including phenoxy) is 1. The number of benzene rings is 1. The van der Waals surface area contributed by atoms with Crippen LogP contribution in [0.3, 0.4) is 0 Å². The van der Waals surface area contributed by atoms with Crippen molar-refractivity contribution in [1.82, 2.24) is 9.88 Å². The fraction of sp³-hybridized carbons (Fsp3) is 0.571. The lowest BCUT2D eigenvalue weighted by molar-refractivity contribution is -0.0397. The first-order chi connectivity index (χ1) is 12.6. The Hall–Kier alpha value is -1.27. The zero-order chi connectivity index (χ0) is 19.3. The molecular formula is C21H32N2O2S. The molecule has 3 rings (SSSR count). The first-order valence-corrected chi connectivity index (χ1v) is 10.1. The maximum Gasteiger partial charge on any atom is 0.161 e. The first-order valence-electron chi connectivity index (χ1n) is 9.66. The number of rotatable bonds is 5. The standard InChI is InChI=1S/C19H26N2O2S.C2H6/c1-4-5-16-15(11-20-3)17(22)18(23-16)21-9-8-13-10-12(2)6-7-14(13)19(21)24;1-2/h6-10,15-18,20,22H,4-5,11H2,1-3H3;1-2H3. The summed E-state index contributed by atoms with van der Waals surface area (Å²) in [5, 5.41) is 16.2. The maximum absolute atomic E-state index is 10.8. The van der Waals surface area contributed by atoms with E-state index in [1.807, 2.05) is 31.7 Å². The van der Waals surface area contributed by atoms with Crippen LogP contribution in [-0.4, -0.2) is 35.5 Å². The third-order valence-electron chi connectivity index (χ3n) is 4.90. The molecule has 1 aliphatic heterocycles. The van der Waals surface area contributed by atoms with Crippen LogP contribution in [0.5, 0.6) is 0 Å². The van der Waals surface area contributed by atoms with Gasteiger partial charge in [0.2, 0.25) is 0 Å². The van der Waals surface area contributed by atoms with Gasteiger partial charge in [0.1, 0.15) is 10.7 Å². The fourth-order valence-corrected chi connectivity index (χ4v) is 4.01. The van der Waals surface area contributed by atoms with Crippen molar-refractivity contribution in [2.75, 3.05) is 13.6 Å². The monoisotopic (exact) mass is 376 g/mol. The molecule has 4 atom stereocenters. The van der Waals surface area contributed by atoms with Gasteiger partial charge in [0.15, 0.2) is 6.23 Å². The van der Waals surface area contributed by atoms with E-state index in [2.05, 4.69) is 43.4 Å². The molecule has 1 aromatic carbocycles. The highest BCUT2D eigenvalue weighted by Crippen LogP contribution is 2.36. The summed E-state index contributed by atoms with van der Waals surface area (Å²) in [7, 11) is 1.91. The van der Waals surface area contributed by atoms with Crippen LogP contribution in [0.1, 0.15) is 45.4 Å². The molecule has 0 bridgehead atoms. The van der Waals surface area contributed by atoms with Crippen LogP contribution in [0.2, 0.25) is 0 Å². The minimum atomic E-state index is -0.566. The normalized spacial score (nSPS) is 25.2. The van der Waals surface area contributed by atoms with E-state index in [1.54, 1.807) is 0 Å². The van der Waals surface area contributed by atoms with E-state index in [0.717, 1.165) is 34.8 Å². The first kappa shape index (κ1) is 21.0. The second-order valence-corrected chi connectivity index (χ2v) is 7.07. The van der Waals surface area contributed by atoms with Crippen LogP contribution in [0.4, 0.5) is 0 Å². The topological polar surface area (TPSA) is 46.4 Å². The second kappa shape index (κ2) is 9.60. The predicted molar refractivity (Wildman–Crippen MR) is 111 cm³/mol. The highest BCUT2D eigenvalue weighted by Gasteiger charge is 2.43. The SMILES string of the molecule is CC.CCCC1OC(n2ccc3cc(C)ccc3c2=S)C(O)C1CNC.